The van der Waals surface area contributed by atoms with E-state index in [9.17, 15) is 14.9 Å². The Labute approximate surface area is 133 Å². The van der Waals surface area contributed by atoms with Gasteiger partial charge in [0, 0.05) is 36.6 Å². The summed E-state index contributed by atoms with van der Waals surface area (Å²) in [4.78, 5) is 29.1. The SMILES string of the molecule is Cc1ncccc1C(=O)N(Cc1ccc([N+](=O)[O-])cc1)C1CC1. The number of rotatable bonds is 5. The fourth-order valence-corrected chi connectivity index (χ4v) is 2.54. The summed E-state index contributed by atoms with van der Waals surface area (Å²) in [6.45, 7) is 2.28. The van der Waals surface area contributed by atoms with Crippen LogP contribution < -0.4 is 0 Å². The van der Waals surface area contributed by atoms with Crippen LogP contribution in [-0.2, 0) is 6.54 Å². The molecule has 0 unspecified atom stereocenters. The Balaban J connectivity index is 1.81. The number of benzene rings is 1. The largest absolute Gasteiger partial charge is 0.331 e. The van der Waals surface area contributed by atoms with Gasteiger partial charge in [-0.25, -0.2) is 0 Å². The fourth-order valence-electron chi connectivity index (χ4n) is 2.54. The van der Waals surface area contributed by atoms with Crippen molar-refractivity contribution in [3.8, 4) is 0 Å². The third-order valence-electron chi connectivity index (χ3n) is 3.99. The quantitative estimate of drug-likeness (QED) is 0.628. The molecule has 23 heavy (non-hydrogen) atoms. The zero-order chi connectivity index (χ0) is 16.4. The van der Waals surface area contributed by atoms with Crippen molar-refractivity contribution in [3.63, 3.8) is 0 Å². The summed E-state index contributed by atoms with van der Waals surface area (Å²) < 4.78 is 0. The molecular formula is C17H17N3O3. The van der Waals surface area contributed by atoms with Crippen LogP contribution in [0.25, 0.3) is 0 Å². The number of nitrogens with zero attached hydrogens (tertiary/aromatic N) is 3. The highest BCUT2D eigenvalue weighted by atomic mass is 16.6. The highest BCUT2D eigenvalue weighted by Crippen LogP contribution is 2.30. The first kappa shape index (κ1) is 15.1. The molecule has 0 radical (unpaired) electrons. The highest BCUT2D eigenvalue weighted by molar-refractivity contribution is 5.95. The minimum Gasteiger partial charge on any atom is -0.331 e. The summed E-state index contributed by atoms with van der Waals surface area (Å²) in [5.74, 6) is -0.0311. The van der Waals surface area contributed by atoms with E-state index >= 15 is 0 Å². The molecule has 1 fully saturated rings. The van der Waals surface area contributed by atoms with Crippen LogP contribution in [0.4, 0.5) is 5.69 Å². The van der Waals surface area contributed by atoms with E-state index in [1.54, 1.807) is 30.5 Å². The average Bonchev–Trinajstić information content (AvgIpc) is 3.37. The molecular weight excluding hydrogens is 294 g/mol. The number of hydrogen-bond donors (Lipinski definition) is 0. The molecule has 0 atom stereocenters. The van der Waals surface area contributed by atoms with Crippen LogP contribution in [0.1, 0.15) is 34.5 Å². The lowest BCUT2D eigenvalue weighted by molar-refractivity contribution is -0.384. The Morgan fingerprint density at radius 3 is 2.57 bits per heavy atom. The maximum atomic E-state index is 12.8. The lowest BCUT2D eigenvalue weighted by Crippen LogP contribution is -2.33. The zero-order valence-corrected chi connectivity index (χ0v) is 12.8. The molecule has 1 saturated carbocycles. The highest BCUT2D eigenvalue weighted by Gasteiger charge is 2.33. The van der Waals surface area contributed by atoms with E-state index in [4.69, 9.17) is 0 Å². The summed E-state index contributed by atoms with van der Waals surface area (Å²) in [6.07, 6.45) is 3.67. The van der Waals surface area contributed by atoms with Crippen LogP contribution >= 0.6 is 0 Å². The smallest absolute Gasteiger partial charge is 0.269 e. The van der Waals surface area contributed by atoms with Gasteiger partial charge in [-0.1, -0.05) is 12.1 Å². The molecule has 1 aromatic carbocycles. The summed E-state index contributed by atoms with van der Waals surface area (Å²) in [7, 11) is 0. The van der Waals surface area contributed by atoms with Crippen molar-refractivity contribution in [2.45, 2.75) is 32.4 Å². The van der Waals surface area contributed by atoms with Gasteiger partial charge in [0.05, 0.1) is 10.5 Å². The number of carbonyl (C=O) groups excluding carboxylic acids is 1. The number of pyridine rings is 1. The predicted octanol–water partition coefficient (Wildman–Crippen LogP) is 3.10. The average molecular weight is 311 g/mol. The van der Waals surface area contributed by atoms with Crippen molar-refractivity contribution in [1.29, 1.82) is 0 Å². The van der Waals surface area contributed by atoms with Gasteiger partial charge >= 0.3 is 0 Å². The minimum absolute atomic E-state index is 0.0311. The summed E-state index contributed by atoms with van der Waals surface area (Å²) in [6, 6.07) is 10.2. The molecule has 1 aromatic heterocycles. The first-order valence-corrected chi connectivity index (χ1v) is 7.52. The van der Waals surface area contributed by atoms with Gasteiger partial charge in [-0.3, -0.25) is 19.9 Å². The van der Waals surface area contributed by atoms with E-state index in [0.29, 0.717) is 17.8 Å². The monoisotopic (exact) mass is 311 g/mol. The Kier molecular flexibility index (Phi) is 4.06. The third-order valence-corrected chi connectivity index (χ3v) is 3.99. The normalized spacial score (nSPS) is 13.6. The second-order valence-corrected chi connectivity index (χ2v) is 5.72. The van der Waals surface area contributed by atoms with E-state index < -0.39 is 4.92 Å². The number of aromatic nitrogens is 1. The number of carbonyl (C=O) groups is 1. The van der Waals surface area contributed by atoms with E-state index in [-0.39, 0.29) is 17.6 Å². The minimum atomic E-state index is -0.424. The lowest BCUT2D eigenvalue weighted by atomic mass is 10.1. The van der Waals surface area contributed by atoms with E-state index in [1.165, 1.54) is 12.1 Å². The fraction of sp³-hybridized carbons (Fsp3) is 0.294. The van der Waals surface area contributed by atoms with Gasteiger partial charge < -0.3 is 4.90 Å². The number of amides is 1. The van der Waals surface area contributed by atoms with Crippen molar-refractivity contribution < 1.29 is 9.72 Å². The Morgan fingerprint density at radius 2 is 2.00 bits per heavy atom. The number of nitro groups is 1. The number of nitro benzene ring substituents is 1. The molecule has 6 heteroatoms. The Bertz CT molecular complexity index is 739. The standard InChI is InChI=1S/C17H17N3O3/c1-12-16(3-2-10-18-12)17(21)19(14-8-9-14)11-13-4-6-15(7-5-13)20(22)23/h2-7,10,14H,8-9,11H2,1H3. The number of aryl methyl sites for hydroxylation is 1. The van der Waals surface area contributed by atoms with Gasteiger partial charge in [-0.05, 0) is 37.5 Å². The predicted molar refractivity (Wildman–Crippen MR) is 85.0 cm³/mol. The molecule has 0 saturated heterocycles. The molecule has 1 aliphatic rings. The molecule has 0 spiro atoms. The van der Waals surface area contributed by atoms with Gasteiger partial charge in [0.1, 0.15) is 0 Å². The molecule has 1 amide bonds. The van der Waals surface area contributed by atoms with Crippen molar-refractivity contribution in [2.75, 3.05) is 0 Å². The van der Waals surface area contributed by atoms with Gasteiger partial charge in [-0.2, -0.15) is 0 Å². The van der Waals surface area contributed by atoms with Crippen LogP contribution in [0.5, 0.6) is 0 Å². The van der Waals surface area contributed by atoms with Crippen LogP contribution in [0.3, 0.4) is 0 Å². The number of hydrogen-bond acceptors (Lipinski definition) is 4. The third kappa shape index (κ3) is 3.36. The van der Waals surface area contributed by atoms with Crippen LogP contribution in [0.2, 0.25) is 0 Å². The van der Waals surface area contributed by atoms with Crippen molar-refractivity contribution in [1.82, 2.24) is 9.88 Å². The second kappa shape index (κ2) is 6.16. The molecule has 0 aliphatic heterocycles. The second-order valence-electron chi connectivity index (χ2n) is 5.72. The maximum Gasteiger partial charge on any atom is 0.269 e. The van der Waals surface area contributed by atoms with Crippen molar-refractivity contribution in [3.05, 3.63) is 69.5 Å². The van der Waals surface area contributed by atoms with Gasteiger partial charge in [0.2, 0.25) is 0 Å². The lowest BCUT2D eigenvalue weighted by Gasteiger charge is -2.23. The molecule has 2 aromatic rings. The number of non-ortho nitro benzene ring substituents is 1. The van der Waals surface area contributed by atoms with E-state index in [2.05, 4.69) is 4.98 Å². The van der Waals surface area contributed by atoms with E-state index in [1.807, 2.05) is 11.8 Å². The summed E-state index contributed by atoms with van der Waals surface area (Å²) in [5, 5.41) is 10.7. The first-order valence-electron chi connectivity index (χ1n) is 7.52. The van der Waals surface area contributed by atoms with Gasteiger partial charge in [0.25, 0.3) is 11.6 Å². The van der Waals surface area contributed by atoms with E-state index in [0.717, 1.165) is 18.4 Å². The topological polar surface area (TPSA) is 76.3 Å². The Morgan fingerprint density at radius 1 is 1.30 bits per heavy atom. The summed E-state index contributed by atoms with van der Waals surface area (Å²) in [5.41, 5.74) is 2.27. The maximum absolute atomic E-state index is 12.8. The molecule has 3 rings (SSSR count). The molecule has 1 heterocycles. The molecule has 118 valence electrons. The Hall–Kier alpha value is -2.76. The van der Waals surface area contributed by atoms with Gasteiger partial charge in [-0.15, -0.1) is 0 Å². The molecule has 6 nitrogen and oxygen atoms in total. The molecule has 0 N–H and O–H groups in total. The molecule has 0 bridgehead atoms. The first-order chi connectivity index (χ1) is 11.1. The van der Waals surface area contributed by atoms with Crippen molar-refractivity contribution >= 4 is 11.6 Å². The molecule has 1 aliphatic carbocycles. The van der Waals surface area contributed by atoms with Gasteiger partial charge in [0.15, 0.2) is 0 Å². The van der Waals surface area contributed by atoms with Crippen LogP contribution in [0.15, 0.2) is 42.6 Å². The zero-order valence-electron chi connectivity index (χ0n) is 12.8. The van der Waals surface area contributed by atoms with Crippen LogP contribution in [-0.4, -0.2) is 26.8 Å². The van der Waals surface area contributed by atoms with Crippen LogP contribution in [0, 0.1) is 17.0 Å². The summed E-state index contributed by atoms with van der Waals surface area (Å²) >= 11 is 0. The van der Waals surface area contributed by atoms with Crippen molar-refractivity contribution in [2.24, 2.45) is 0 Å².